The van der Waals surface area contributed by atoms with E-state index in [-0.39, 0.29) is 22.3 Å². The zero-order valence-corrected chi connectivity index (χ0v) is 17.4. The van der Waals surface area contributed by atoms with E-state index in [1.807, 2.05) is 0 Å². The van der Waals surface area contributed by atoms with E-state index in [4.69, 9.17) is 23.9 Å². The second-order valence-corrected chi connectivity index (χ2v) is 6.69. The van der Waals surface area contributed by atoms with Gasteiger partial charge in [-0.05, 0) is 27.7 Å². The van der Waals surface area contributed by atoms with Gasteiger partial charge in [0.25, 0.3) is 6.23 Å². The Balaban J connectivity index is 3.32. The molecule has 1 heterocycles. The number of carbonyl (C=O) groups excluding carboxylic acids is 4. The molecule has 1 fully saturated rings. The maximum Gasteiger partial charge on any atom is 0.354 e. The van der Waals surface area contributed by atoms with Crippen molar-refractivity contribution in [3.05, 3.63) is 48.6 Å². The fourth-order valence-electron chi connectivity index (χ4n) is 1.87. The van der Waals surface area contributed by atoms with Crippen LogP contribution in [-0.2, 0) is 43.1 Å². The summed E-state index contributed by atoms with van der Waals surface area (Å²) in [5.74, 6) is -3.45. The van der Waals surface area contributed by atoms with Crippen molar-refractivity contribution in [2.75, 3.05) is 6.61 Å². The summed E-state index contributed by atoms with van der Waals surface area (Å²) < 4.78 is 15.8. The largest absolute Gasteiger partial charge is 0.452 e. The van der Waals surface area contributed by atoms with Crippen molar-refractivity contribution in [2.45, 2.75) is 46.1 Å². The maximum atomic E-state index is 12.2. The molecule has 30 heavy (non-hydrogen) atoms. The van der Waals surface area contributed by atoms with Crippen molar-refractivity contribution >= 4 is 23.9 Å². The molecule has 0 radical (unpaired) electrons. The molecule has 0 N–H and O–H groups in total. The molecule has 0 amide bonds. The first-order valence-corrected chi connectivity index (χ1v) is 8.74. The third-order valence-electron chi connectivity index (χ3n) is 3.52. The van der Waals surface area contributed by atoms with Crippen LogP contribution in [0.2, 0.25) is 0 Å². The highest BCUT2D eigenvalue weighted by Gasteiger charge is 2.49. The number of rotatable bonds is 8. The van der Waals surface area contributed by atoms with Gasteiger partial charge in [0, 0.05) is 27.5 Å². The average molecular weight is 423 g/mol. The molecule has 10 heteroatoms. The second-order valence-electron chi connectivity index (χ2n) is 6.69. The van der Waals surface area contributed by atoms with Crippen LogP contribution in [0.1, 0.15) is 27.7 Å². The first-order valence-electron chi connectivity index (χ1n) is 8.74. The maximum absolute atomic E-state index is 12.2. The topological polar surface area (TPSA) is 118 Å². The smallest absolute Gasteiger partial charge is 0.354 e. The number of nitrogens with zero attached hydrogens (tertiary/aromatic N) is 1. The van der Waals surface area contributed by atoms with Gasteiger partial charge < -0.3 is 19.0 Å². The fourth-order valence-corrected chi connectivity index (χ4v) is 1.87. The standard InChI is InChI=1S/C20H25NO9/c1-10(2)17(22)27-14-9-26-21(30-20(25)13(7)8)16(29-19(24)12(5)6)15(14)28-18(23)11(3)4/h14-16H,1,3,5,7,9H2,2,4,6,8H3/t14-,15-,16+/m1/s1. The normalized spacial score (nSPS) is 21.0. The van der Waals surface area contributed by atoms with Gasteiger partial charge in [0.1, 0.15) is 6.61 Å². The number of carbonyl (C=O) groups is 4. The van der Waals surface area contributed by atoms with Crippen LogP contribution >= 0.6 is 0 Å². The highest BCUT2D eigenvalue weighted by molar-refractivity contribution is 5.89. The van der Waals surface area contributed by atoms with Crippen molar-refractivity contribution in [2.24, 2.45) is 0 Å². The molecule has 0 aromatic heterocycles. The van der Waals surface area contributed by atoms with Crippen LogP contribution in [0, 0.1) is 0 Å². The lowest BCUT2D eigenvalue weighted by molar-refractivity contribution is -0.435. The number of esters is 3. The zero-order valence-electron chi connectivity index (χ0n) is 17.4. The van der Waals surface area contributed by atoms with Gasteiger partial charge in [-0.1, -0.05) is 26.3 Å². The molecule has 1 aliphatic rings. The van der Waals surface area contributed by atoms with Gasteiger partial charge in [-0.15, -0.1) is 0 Å². The van der Waals surface area contributed by atoms with Gasteiger partial charge in [-0.25, -0.2) is 19.2 Å². The Hall–Kier alpha value is -3.24. The molecule has 10 nitrogen and oxygen atoms in total. The Morgan fingerprint density at radius 3 is 1.63 bits per heavy atom. The third kappa shape index (κ3) is 6.68. The third-order valence-corrected chi connectivity index (χ3v) is 3.52. The van der Waals surface area contributed by atoms with Gasteiger partial charge >= 0.3 is 23.9 Å². The molecule has 0 saturated carbocycles. The molecule has 0 bridgehead atoms. The lowest BCUT2D eigenvalue weighted by atomic mass is 10.1. The number of ether oxygens (including phenoxy) is 3. The molecule has 0 aliphatic carbocycles. The van der Waals surface area contributed by atoms with Crippen LogP contribution < -0.4 is 0 Å². The van der Waals surface area contributed by atoms with Crippen molar-refractivity contribution in [3.63, 3.8) is 0 Å². The molecule has 1 rings (SSSR count). The van der Waals surface area contributed by atoms with Gasteiger partial charge in [-0.3, -0.25) is 4.84 Å². The van der Waals surface area contributed by atoms with E-state index in [1.165, 1.54) is 27.7 Å². The summed E-state index contributed by atoms with van der Waals surface area (Å²) in [5, 5.41) is 0.541. The molecular weight excluding hydrogens is 398 g/mol. The van der Waals surface area contributed by atoms with E-state index in [2.05, 4.69) is 26.3 Å². The van der Waals surface area contributed by atoms with Gasteiger partial charge in [0.2, 0.25) is 0 Å². The lowest BCUT2D eigenvalue weighted by Gasteiger charge is -2.40. The monoisotopic (exact) mass is 423 g/mol. The molecule has 0 unspecified atom stereocenters. The highest BCUT2D eigenvalue weighted by Crippen LogP contribution is 2.26. The predicted octanol–water partition coefficient (Wildman–Crippen LogP) is 1.69. The molecule has 1 saturated heterocycles. The molecule has 0 aromatic rings. The summed E-state index contributed by atoms with van der Waals surface area (Å²) in [6, 6.07) is 0. The van der Waals surface area contributed by atoms with Gasteiger partial charge in [0.15, 0.2) is 12.2 Å². The van der Waals surface area contributed by atoms with E-state index >= 15 is 0 Å². The second kappa shape index (κ2) is 10.5. The fraction of sp³-hybridized carbons (Fsp3) is 0.400. The van der Waals surface area contributed by atoms with Crippen molar-refractivity contribution in [3.8, 4) is 0 Å². The van der Waals surface area contributed by atoms with Crippen LogP contribution in [0.5, 0.6) is 0 Å². The minimum absolute atomic E-state index is 0.00668. The summed E-state index contributed by atoms with van der Waals surface area (Å²) in [6.07, 6.45) is -4.29. The Kier molecular flexibility index (Phi) is 8.69. The van der Waals surface area contributed by atoms with E-state index in [9.17, 15) is 19.2 Å². The van der Waals surface area contributed by atoms with Gasteiger partial charge in [0.05, 0.1) is 0 Å². The first kappa shape index (κ1) is 24.8. The highest BCUT2D eigenvalue weighted by atomic mass is 17.0. The van der Waals surface area contributed by atoms with Crippen LogP contribution in [0.15, 0.2) is 48.6 Å². The summed E-state index contributed by atoms with van der Waals surface area (Å²) in [5.41, 5.74) is 0.135. The quantitative estimate of drug-likeness (QED) is 0.324. The molecule has 1 aliphatic heterocycles. The van der Waals surface area contributed by atoms with Crippen LogP contribution in [-0.4, -0.2) is 54.1 Å². The summed E-state index contributed by atoms with van der Waals surface area (Å²) in [6.45, 7) is 19.0. The van der Waals surface area contributed by atoms with E-state index < -0.39 is 48.9 Å². The average Bonchev–Trinajstić information content (AvgIpc) is 2.64. The van der Waals surface area contributed by atoms with Gasteiger partial charge in [-0.2, -0.15) is 0 Å². The van der Waals surface area contributed by atoms with Crippen LogP contribution in [0.3, 0.4) is 0 Å². The van der Waals surface area contributed by atoms with Crippen LogP contribution in [0.4, 0.5) is 0 Å². The Morgan fingerprint density at radius 2 is 1.17 bits per heavy atom. The predicted molar refractivity (Wildman–Crippen MR) is 103 cm³/mol. The molecular formula is C20H25NO9. The SMILES string of the molecule is C=C(C)C(=O)O[C@@H]1[C@H](OC(=O)C(=C)C)CON(OC(=O)C(=C)C)[C@H]1OC(=O)C(=C)C. The number of hydroxylamine groups is 2. The number of hydrogen-bond acceptors (Lipinski definition) is 10. The van der Waals surface area contributed by atoms with Crippen molar-refractivity contribution < 1.29 is 43.1 Å². The van der Waals surface area contributed by atoms with E-state index in [0.717, 1.165) is 0 Å². The molecule has 3 atom stereocenters. The lowest BCUT2D eigenvalue weighted by Crippen LogP contribution is -2.60. The molecule has 164 valence electrons. The summed E-state index contributed by atoms with van der Waals surface area (Å²) in [7, 11) is 0. The summed E-state index contributed by atoms with van der Waals surface area (Å²) in [4.78, 5) is 58.5. The van der Waals surface area contributed by atoms with Crippen LogP contribution in [0.25, 0.3) is 0 Å². The first-order chi connectivity index (χ1) is 13.8. The zero-order chi connectivity index (χ0) is 23.2. The summed E-state index contributed by atoms with van der Waals surface area (Å²) >= 11 is 0. The molecule has 0 aromatic carbocycles. The minimum atomic E-state index is -1.63. The Labute approximate surface area is 174 Å². The molecule has 0 spiro atoms. The minimum Gasteiger partial charge on any atom is -0.452 e. The number of hydrogen-bond donors (Lipinski definition) is 0. The Bertz CT molecular complexity index is 732. The van der Waals surface area contributed by atoms with Crippen molar-refractivity contribution in [1.29, 1.82) is 0 Å². The van der Waals surface area contributed by atoms with E-state index in [0.29, 0.717) is 5.23 Å². The Morgan fingerprint density at radius 1 is 0.733 bits per heavy atom. The van der Waals surface area contributed by atoms with Crippen molar-refractivity contribution in [1.82, 2.24) is 5.23 Å². The van der Waals surface area contributed by atoms with E-state index in [1.54, 1.807) is 0 Å².